The first-order valence-electron chi connectivity index (χ1n) is 8.54. The Bertz CT molecular complexity index is 716. The molecule has 1 saturated heterocycles. The Labute approximate surface area is 155 Å². The Morgan fingerprint density at radius 2 is 1.92 bits per heavy atom. The van der Waals surface area contributed by atoms with Gasteiger partial charge in [0, 0.05) is 32.2 Å². The highest BCUT2D eigenvalue weighted by Crippen LogP contribution is 2.24. The molecule has 0 saturated carbocycles. The van der Waals surface area contributed by atoms with E-state index in [9.17, 15) is 13.2 Å². The summed E-state index contributed by atoms with van der Waals surface area (Å²) in [6, 6.07) is 4.32. The van der Waals surface area contributed by atoms with Gasteiger partial charge in [0.25, 0.3) is 5.91 Å². The average molecular weight is 388 g/mol. The Kier molecular flexibility index (Phi) is 6.85. The fourth-order valence-corrected chi connectivity index (χ4v) is 4.48. The maximum absolute atomic E-state index is 12.8. The van der Waals surface area contributed by atoms with Crippen molar-refractivity contribution in [1.82, 2.24) is 14.5 Å². The predicted octanol–water partition coefficient (Wildman–Crippen LogP) is 2.19. The summed E-state index contributed by atoms with van der Waals surface area (Å²) in [4.78, 5) is 14.6. The number of benzene rings is 1. The monoisotopic (exact) mass is 387 g/mol. The third-order valence-corrected chi connectivity index (χ3v) is 6.61. The van der Waals surface area contributed by atoms with E-state index >= 15 is 0 Å². The van der Waals surface area contributed by atoms with Crippen LogP contribution in [0.1, 0.15) is 37.0 Å². The molecular formula is C17H26ClN3O3S. The summed E-state index contributed by atoms with van der Waals surface area (Å²) in [7, 11) is -1.66. The maximum atomic E-state index is 12.8. The third kappa shape index (κ3) is 4.94. The van der Waals surface area contributed by atoms with Crippen LogP contribution in [-0.2, 0) is 10.0 Å². The zero-order valence-electron chi connectivity index (χ0n) is 15.0. The van der Waals surface area contributed by atoms with E-state index in [0.717, 1.165) is 12.8 Å². The van der Waals surface area contributed by atoms with Crippen molar-refractivity contribution < 1.29 is 13.2 Å². The minimum absolute atomic E-state index is 0.00598. The summed E-state index contributed by atoms with van der Waals surface area (Å²) in [5, 5.41) is 3.11. The number of nitrogens with zero attached hydrogens (tertiary/aromatic N) is 2. The molecule has 1 aromatic rings. The molecule has 8 heteroatoms. The highest BCUT2D eigenvalue weighted by Gasteiger charge is 2.28. The number of amides is 1. The van der Waals surface area contributed by atoms with Gasteiger partial charge in [0.2, 0.25) is 10.0 Å². The van der Waals surface area contributed by atoms with E-state index < -0.39 is 10.0 Å². The highest BCUT2D eigenvalue weighted by molar-refractivity contribution is 7.89. The van der Waals surface area contributed by atoms with Crippen molar-refractivity contribution in [2.24, 2.45) is 0 Å². The van der Waals surface area contributed by atoms with Gasteiger partial charge >= 0.3 is 0 Å². The molecule has 25 heavy (non-hydrogen) atoms. The number of hydrogen-bond acceptors (Lipinski definition) is 4. The van der Waals surface area contributed by atoms with Gasteiger partial charge in [-0.05, 0) is 38.6 Å². The van der Waals surface area contributed by atoms with Gasteiger partial charge in [-0.25, -0.2) is 8.42 Å². The van der Waals surface area contributed by atoms with Crippen LogP contribution in [0.4, 0.5) is 0 Å². The number of rotatable bonds is 6. The number of nitrogens with one attached hydrogen (secondary N) is 1. The molecule has 0 spiro atoms. The van der Waals surface area contributed by atoms with Crippen LogP contribution in [0.2, 0.25) is 5.02 Å². The molecular weight excluding hydrogens is 362 g/mol. The van der Waals surface area contributed by atoms with E-state index in [-0.39, 0.29) is 27.4 Å². The van der Waals surface area contributed by atoms with Gasteiger partial charge in [0.05, 0.1) is 15.5 Å². The van der Waals surface area contributed by atoms with Crippen molar-refractivity contribution in [3.8, 4) is 0 Å². The summed E-state index contributed by atoms with van der Waals surface area (Å²) in [5.74, 6) is -0.346. The zero-order chi connectivity index (χ0) is 18.6. The summed E-state index contributed by atoms with van der Waals surface area (Å²) in [6.07, 6.45) is 1.80. The first kappa shape index (κ1) is 20.2. The Morgan fingerprint density at radius 3 is 2.52 bits per heavy atom. The van der Waals surface area contributed by atoms with Crippen molar-refractivity contribution in [3.05, 3.63) is 28.8 Å². The molecule has 1 aromatic carbocycles. The molecule has 0 bridgehead atoms. The molecule has 6 nitrogen and oxygen atoms in total. The molecule has 140 valence electrons. The van der Waals surface area contributed by atoms with E-state index in [4.69, 9.17) is 11.6 Å². The summed E-state index contributed by atoms with van der Waals surface area (Å²) in [5.41, 5.74) is 0.194. The SMILES string of the molecule is CCC[C@H](C)NC(=O)c1cc(S(=O)(=O)N2CCN(C)CC2)ccc1Cl. The van der Waals surface area contributed by atoms with Crippen molar-refractivity contribution in [2.75, 3.05) is 33.2 Å². The largest absolute Gasteiger partial charge is 0.350 e. The van der Waals surface area contributed by atoms with E-state index in [1.807, 2.05) is 20.9 Å². The van der Waals surface area contributed by atoms with Crippen LogP contribution in [0, 0.1) is 0 Å². The minimum atomic E-state index is -3.63. The lowest BCUT2D eigenvalue weighted by Gasteiger charge is -2.31. The molecule has 1 aliphatic rings. The quantitative estimate of drug-likeness (QED) is 0.812. The first-order valence-corrected chi connectivity index (χ1v) is 10.4. The predicted molar refractivity (Wildman–Crippen MR) is 99.5 cm³/mol. The number of likely N-dealkylation sites (N-methyl/N-ethyl adjacent to an activating group) is 1. The molecule has 1 fully saturated rings. The number of sulfonamides is 1. The lowest BCUT2D eigenvalue weighted by molar-refractivity contribution is 0.0938. The highest BCUT2D eigenvalue weighted by atomic mass is 35.5. The van der Waals surface area contributed by atoms with Crippen molar-refractivity contribution in [3.63, 3.8) is 0 Å². The first-order chi connectivity index (χ1) is 11.8. The lowest BCUT2D eigenvalue weighted by Crippen LogP contribution is -2.47. The van der Waals surface area contributed by atoms with Crippen LogP contribution in [0.15, 0.2) is 23.1 Å². The molecule has 1 N–H and O–H groups in total. The zero-order valence-corrected chi connectivity index (χ0v) is 16.5. The van der Waals surface area contributed by atoms with Crippen molar-refractivity contribution >= 4 is 27.5 Å². The van der Waals surface area contributed by atoms with Gasteiger partial charge in [-0.15, -0.1) is 0 Å². The summed E-state index contributed by atoms with van der Waals surface area (Å²) in [6.45, 7) is 6.22. The Morgan fingerprint density at radius 1 is 1.28 bits per heavy atom. The Balaban J connectivity index is 2.24. The molecule has 2 rings (SSSR count). The van der Waals surface area contributed by atoms with Gasteiger partial charge in [-0.1, -0.05) is 24.9 Å². The molecule has 1 amide bonds. The average Bonchev–Trinajstić information content (AvgIpc) is 2.55. The molecule has 1 atom stereocenters. The second-order valence-electron chi connectivity index (χ2n) is 6.51. The van der Waals surface area contributed by atoms with Crippen LogP contribution in [0.25, 0.3) is 0 Å². The Hall–Kier alpha value is -1.15. The second kappa shape index (κ2) is 8.49. The van der Waals surface area contributed by atoms with Gasteiger partial charge in [-0.2, -0.15) is 4.31 Å². The molecule has 0 radical (unpaired) electrons. The molecule has 0 aromatic heterocycles. The van der Waals surface area contributed by atoms with E-state index in [1.165, 1.54) is 22.5 Å². The number of halogens is 1. The van der Waals surface area contributed by atoms with Crippen molar-refractivity contribution in [2.45, 2.75) is 37.6 Å². The van der Waals surface area contributed by atoms with E-state index in [2.05, 4.69) is 10.2 Å². The normalized spacial score (nSPS) is 18.1. The number of hydrogen-bond donors (Lipinski definition) is 1. The third-order valence-electron chi connectivity index (χ3n) is 4.38. The number of carbonyl (C=O) groups is 1. The smallest absolute Gasteiger partial charge is 0.253 e. The van der Waals surface area contributed by atoms with Crippen LogP contribution in [0.3, 0.4) is 0 Å². The lowest BCUT2D eigenvalue weighted by atomic mass is 10.1. The molecule has 0 unspecified atom stereocenters. The fourth-order valence-electron chi connectivity index (χ4n) is 2.82. The van der Waals surface area contributed by atoms with Gasteiger partial charge in [-0.3, -0.25) is 4.79 Å². The van der Waals surface area contributed by atoms with E-state index in [1.54, 1.807) is 0 Å². The second-order valence-corrected chi connectivity index (χ2v) is 8.86. The summed E-state index contributed by atoms with van der Waals surface area (Å²) < 4.78 is 27.1. The minimum Gasteiger partial charge on any atom is -0.350 e. The standard InChI is InChI=1S/C17H26ClN3O3S/c1-4-5-13(2)19-17(22)15-12-14(6-7-16(15)18)25(23,24)21-10-8-20(3)9-11-21/h6-7,12-13H,4-5,8-11H2,1-3H3,(H,19,22)/t13-/m0/s1. The van der Waals surface area contributed by atoms with Crippen LogP contribution < -0.4 is 5.32 Å². The molecule has 1 aliphatic heterocycles. The van der Waals surface area contributed by atoms with Crippen LogP contribution in [0.5, 0.6) is 0 Å². The van der Waals surface area contributed by atoms with Gasteiger partial charge < -0.3 is 10.2 Å². The molecule has 0 aliphatic carbocycles. The number of carbonyl (C=O) groups excluding carboxylic acids is 1. The summed E-state index contributed by atoms with van der Waals surface area (Å²) >= 11 is 6.13. The maximum Gasteiger partial charge on any atom is 0.253 e. The van der Waals surface area contributed by atoms with E-state index in [0.29, 0.717) is 26.2 Å². The van der Waals surface area contributed by atoms with Crippen LogP contribution >= 0.6 is 11.6 Å². The molecule has 1 heterocycles. The topological polar surface area (TPSA) is 69.7 Å². The fraction of sp³-hybridized carbons (Fsp3) is 0.588. The number of piperazine rings is 1. The van der Waals surface area contributed by atoms with Gasteiger partial charge in [0.15, 0.2) is 0 Å². The van der Waals surface area contributed by atoms with Crippen LogP contribution in [-0.4, -0.2) is 62.8 Å². The van der Waals surface area contributed by atoms with Gasteiger partial charge in [0.1, 0.15) is 0 Å². The van der Waals surface area contributed by atoms with Crippen molar-refractivity contribution in [1.29, 1.82) is 0 Å².